The summed E-state index contributed by atoms with van der Waals surface area (Å²) in [5, 5.41) is 2.63. The predicted molar refractivity (Wildman–Crippen MR) is 255 cm³/mol. The maximum absolute atomic E-state index is 2.67. The van der Waals surface area contributed by atoms with E-state index in [2.05, 4.69) is 218 Å². The van der Waals surface area contributed by atoms with Crippen LogP contribution in [0.1, 0.15) is 79.0 Å². The van der Waals surface area contributed by atoms with Crippen molar-refractivity contribution in [3.05, 3.63) is 162 Å². The van der Waals surface area contributed by atoms with Crippen LogP contribution in [0.25, 0.3) is 42.4 Å². The zero-order valence-electron chi connectivity index (χ0n) is 35.2. The smallest absolute Gasteiger partial charge is 0.333 e. The monoisotopic (exact) mass is 770 g/mol. The third kappa shape index (κ3) is 5.75. The third-order valence-electron chi connectivity index (χ3n) is 12.5. The summed E-state index contributed by atoms with van der Waals surface area (Å²) in [6.07, 6.45) is 0. The van der Waals surface area contributed by atoms with E-state index in [-0.39, 0.29) is 23.1 Å². The number of hydrogen-bond acceptors (Lipinski definition) is 3. The van der Waals surface area contributed by atoms with E-state index in [1.807, 2.05) is 11.3 Å². The van der Waals surface area contributed by atoms with Gasteiger partial charge in [-0.05, 0) is 97.5 Å². The quantitative estimate of drug-likeness (QED) is 0.165. The lowest BCUT2D eigenvalue weighted by Crippen LogP contribution is -2.61. The summed E-state index contributed by atoms with van der Waals surface area (Å²) < 4.78 is 2.64. The van der Waals surface area contributed by atoms with Crippen LogP contribution in [0.5, 0.6) is 0 Å². The van der Waals surface area contributed by atoms with Crippen molar-refractivity contribution in [1.82, 2.24) is 0 Å². The minimum absolute atomic E-state index is 0.0101. The first kappa shape index (κ1) is 36.7. The fourth-order valence-corrected chi connectivity index (χ4v) is 10.6. The second-order valence-electron chi connectivity index (χ2n) is 19.5. The summed E-state index contributed by atoms with van der Waals surface area (Å²) in [5.41, 5.74) is 17.9. The molecular weight excluding hydrogens is 719 g/mol. The Kier molecular flexibility index (Phi) is 8.21. The summed E-state index contributed by atoms with van der Waals surface area (Å²) in [6.45, 7) is 20.9. The van der Waals surface area contributed by atoms with E-state index in [0.717, 1.165) is 0 Å². The molecule has 0 fully saturated rings. The van der Waals surface area contributed by atoms with Crippen molar-refractivity contribution in [2.45, 2.75) is 78.6 Å². The van der Waals surface area contributed by atoms with Crippen molar-refractivity contribution >= 4 is 77.7 Å². The van der Waals surface area contributed by atoms with Gasteiger partial charge < -0.3 is 9.71 Å². The number of fused-ring (bicyclic) bond motifs is 8. The minimum atomic E-state index is -0.0796. The number of hydrogen-bond donors (Lipinski definition) is 0. The fraction of sp³-hybridized carbons (Fsp3) is 0.222. The zero-order chi connectivity index (χ0) is 40.3. The van der Waals surface area contributed by atoms with Gasteiger partial charge in [-0.2, -0.15) is 0 Å². The van der Waals surface area contributed by atoms with Gasteiger partial charge in [-0.15, -0.1) is 11.3 Å². The molecule has 10 rings (SSSR count). The highest BCUT2D eigenvalue weighted by Gasteiger charge is 2.46. The van der Waals surface area contributed by atoms with Gasteiger partial charge in [-0.3, -0.25) is 0 Å². The first-order valence-electron chi connectivity index (χ1n) is 20.8. The average Bonchev–Trinajstić information content (AvgIpc) is 3.59. The lowest BCUT2D eigenvalue weighted by molar-refractivity contribution is 0.590. The highest BCUT2D eigenvalue weighted by molar-refractivity contribution is 7.26. The Labute approximate surface area is 348 Å². The van der Waals surface area contributed by atoms with Crippen LogP contribution in [0.3, 0.4) is 0 Å². The predicted octanol–water partition coefficient (Wildman–Crippen LogP) is 14.3. The van der Waals surface area contributed by atoms with E-state index in [4.69, 9.17) is 0 Å². The van der Waals surface area contributed by atoms with Crippen LogP contribution in [-0.2, 0) is 16.2 Å². The highest BCUT2D eigenvalue weighted by atomic mass is 32.1. The minimum Gasteiger partial charge on any atom is -0.376 e. The lowest BCUT2D eigenvalue weighted by atomic mass is 9.43. The Morgan fingerprint density at radius 1 is 0.466 bits per heavy atom. The van der Waals surface area contributed by atoms with Gasteiger partial charge in [0.1, 0.15) is 0 Å². The fourth-order valence-electron chi connectivity index (χ4n) is 9.31. The molecule has 0 unspecified atom stereocenters. The average molecular weight is 771 g/mol. The molecule has 1 aromatic heterocycles. The third-order valence-corrected chi connectivity index (χ3v) is 13.7. The van der Waals surface area contributed by atoms with Gasteiger partial charge in [-0.1, -0.05) is 165 Å². The van der Waals surface area contributed by atoms with Crippen molar-refractivity contribution < 1.29 is 0 Å². The van der Waals surface area contributed by atoms with E-state index in [1.54, 1.807) is 0 Å². The van der Waals surface area contributed by atoms with Crippen LogP contribution in [0, 0.1) is 0 Å². The van der Waals surface area contributed by atoms with Crippen molar-refractivity contribution in [3.63, 3.8) is 0 Å². The van der Waals surface area contributed by atoms with Crippen LogP contribution >= 0.6 is 11.3 Å². The number of para-hydroxylation sites is 1. The van der Waals surface area contributed by atoms with Gasteiger partial charge in [0.2, 0.25) is 0 Å². The Hall–Kier alpha value is -5.58. The molecule has 7 aromatic carbocycles. The molecule has 286 valence electrons. The van der Waals surface area contributed by atoms with E-state index < -0.39 is 0 Å². The number of thiophene rings is 1. The number of anilines is 5. The molecule has 0 atom stereocenters. The van der Waals surface area contributed by atoms with Gasteiger partial charge in [0, 0.05) is 43.7 Å². The van der Waals surface area contributed by atoms with E-state index in [1.165, 1.54) is 98.5 Å². The Bertz CT molecular complexity index is 2900. The first-order valence-corrected chi connectivity index (χ1v) is 21.6. The normalized spacial score (nSPS) is 13.8. The van der Waals surface area contributed by atoms with Crippen LogP contribution in [0.2, 0.25) is 0 Å². The Balaban J connectivity index is 1.37. The Morgan fingerprint density at radius 3 is 1.83 bits per heavy atom. The Morgan fingerprint density at radius 2 is 1.10 bits per heavy atom. The summed E-state index contributed by atoms with van der Waals surface area (Å²) in [5.74, 6) is 0. The first-order chi connectivity index (χ1) is 27.7. The maximum atomic E-state index is 2.67. The molecule has 0 bridgehead atoms. The molecule has 0 saturated heterocycles. The van der Waals surface area contributed by atoms with Crippen molar-refractivity contribution in [2.75, 3.05) is 9.71 Å². The molecule has 0 aliphatic carbocycles. The van der Waals surface area contributed by atoms with Gasteiger partial charge >= 0.3 is 6.85 Å². The molecule has 3 heterocycles. The molecule has 0 saturated carbocycles. The van der Waals surface area contributed by atoms with Gasteiger partial charge in [0.15, 0.2) is 0 Å². The topological polar surface area (TPSA) is 6.48 Å². The molecule has 4 heteroatoms. The molecule has 0 spiro atoms. The van der Waals surface area contributed by atoms with E-state index in [9.17, 15) is 0 Å². The van der Waals surface area contributed by atoms with Crippen molar-refractivity contribution in [1.29, 1.82) is 0 Å². The summed E-state index contributed by atoms with van der Waals surface area (Å²) in [7, 11) is 0. The van der Waals surface area contributed by atoms with Gasteiger partial charge in [0.25, 0.3) is 0 Å². The molecule has 0 N–H and O–H groups in total. The van der Waals surface area contributed by atoms with Crippen LogP contribution in [0.15, 0.2) is 146 Å². The summed E-state index contributed by atoms with van der Waals surface area (Å²) in [4.78, 5) is 5.31. The number of rotatable bonds is 3. The van der Waals surface area contributed by atoms with Crippen molar-refractivity contribution in [3.8, 4) is 22.3 Å². The lowest BCUT2D eigenvalue weighted by Gasteiger charge is -2.47. The molecule has 2 aliphatic heterocycles. The molecule has 0 amide bonds. The van der Waals surface area contributed by atoms with E-state index >= 15 is 0 Å². The molecule has 8 aromatic rings. The van der Waals surface area contributed by atoms with Gasteiger partial charge in [0.05, 0.1) is 16.1 Å². The van der Waals surface area contributed by atoms with Crippen LogP contribution < -0.4 is 20.6 Å². The number of benzene rings is 7. The molecular formula is C54H51BN2S. The maximum Gasteiger partial charge on any atom is 0.333 e. The SMILES string of the molecule is CC(C)(C)c1ccc(N2B3c4ccc5c(sc6ccccc65)c4N(c4ccc(C(C)(C)C)cc4-c4ccccc4)c4cc(C(C)(C)C)cc(c43)-c3ccccc32)cc1. The van der Waals surface area contributed by atoms with E-state index in [0.29, 0.717) is 0 Å². The number of nitrogens with zero attached hydrogens (tertiary/aromatic N) is 2. The largest absolute Gasteiger partial charge is 0.376 e. The molecule has 2 nitrogen and oxygen atoms in total. The second-order valence-corrected chi connectivity index (χ2v) is 20.5. The summed E-state index contributed by atoms with van der Waals surface area (Å²) in [6, 6.07) is 55.6. The molecule has 58 heavy (non-hydrogen) atoms. The summed E-state index contributed by atoms with van der Waals surface area (Å²) >= 11 is 1.93. The zero-order valence-corrected chi connectivity index (χ0v) is 36.1. The van der Waals surface area contributed by atoms with Crippen LogP contribution in [0.4, 0.5) is 28.4 Å². The molecule has 0 radical (unpaired) electrons. The van der Waals surface area contributed by atoms with Gasteiger partial charge in [-0.25, -0.2) is 0 Å². The van der Waals surface area contributed by atoms with Crippen LogP contribution in [-0.4, -0.2) is 6.85 Å². The second kappa shape index (κ2) is 13.0. The highest BCUT2D eigenvalue weighted by Crippen LogP contribution is 2.53. The molecule has 2 aliphatic rings. The standard InChI is InChI=1S/C54H51BN2S/c1-52(2,3)35-23-26-38(27-24-35)57-46-21-15-13-19-39(46)43-32-37(54(7,8)9)33-47-49(43)55(57)44-29-28-41-40-20-14-16-22-48(40)58-51(41)50(44)56(47)45-30-25-36(53(4,5)6)31-42(45)34-17-11-10-12-18-34/h10-33H,1-9H3. The van der Waals surface area contributed by atoms with Crippen molar-refractivity contribution in [2.24, 2.45) is 0 Å².